The SMILES string of the molecule is CC(C)N(CCS(=O)(=O)c1ccc([N+](=O)[O-])cc1)C(=O)N(CCN(C)C)CCN(C)C.O=C(O)/C=C\C(=O)O. The second-order valence-electron chi connectivity index (χ2n) is 9.24. The highest BCUT2D eigenvalue weighted by Crippen LogP contribution is 2.18. The molecule has 0 aliphatic rings. The fraction of sp³-hybridized carbons (Fsp3) is 0.542. The van der Waals surface area contributed by atoms with Crippen LogP contribution < -0.4 is 0 Å². The van der Waals surface area contributed by atoms with Gasteiger partial charge in [-0.05, 0) is 54.2 Å². The minimum absolute atomic E-state index is 0.00586. The van der Waals surface area contributed by atoms with E-state index < -0.39 is 26.7 Å². The van der Waals surface area contributed by atoms with E-state index in [-0.39, 0.29) is 35.0 Å². The first-order chi connectivity index (χ1) is 18.0. The molecule has 2 amide bonds. The molecule has 39 heavy (non-hydrogen) atoms. The number of rotatable bonds is 14. The zero-order chi connectivity index (χ0) is 30.3. The number of nitro groups is 1. The van der Waals surface area contributed by atoms with Crippen molar-refractivity contribution in [3.63, 3.8) is 0 Å². The number of carbonyl (C=O) groups is 3. The first-order valence-corrected chi connectivity index (χ1v) is 13.6. The average molecular weight is 574 g/mol. The summed E-state index contributed by atoms with van der Waals surface area (Å²) < 4.78 is 25.5. The summed E-state index contributed by atoms with van der Waals surface area (Å²) in [5.74, 6) is -2.77. The summed E-state index contributed by atoms with van der Waals surface area (Å²) in [4.78, 5) is 49.8. The third-order valence-electron chi connectivity index (χ3n) is 5.15. The predicted molar refractivity (Wildman–Crippen MR) is 145 cm³/mol. The molecule has 0 radical (unpaired) electrons. The van der Waals surface area contributed by atoms with Crippen molar-refractivity contribution in [1.82, 2.24) is 19.6 Å². The van der Waals surface area contributed by atoms with Crippen molar-refractivity contribution in [2.24, 2.45) is 0 Å². The highest BCUT2D eigenvalue weighted by atomic mass is 32.2. The van der Waals surface area contributed by atoms with Crippen LogP contribution in [0.3, 0.4) is 0 Å². The minimum atomic E-state index is -3.69. The largest absolute Gasteiger partial charge is 0.478 e. The number of hydrogen-bond acceptors (Lipinski definition) is 9. The molecular formula is C24H39N5O9S. The van der Waals surface area contributed by atoms with Gasteiger partial charge in [0.2, 0.25) is 0 Å². The molecule has 14 nitrogen and oxygen atoms in total. The molecule has 0 aliphatic heterocycles. The van der Waals surface area contributed by atoms with E-state index >= 15 is 0 Å². The lowest BCUT2D eigenvalue weighted by atomic mass is 10.3. The summed E-state index contributed by atoms with van der Waals surface area (Å²) in [7, 11) is 4.05. The van der Waals surface area contributed by atoms with Gasteiger partial charge in [0, 0.05) is 63.1 Å². The summed E-state index contributed by atoms with van der Waals surface area (Å²) in [6, 6.07) is 4.42. The highest BCUT2D eigenvalue weighted by molar-refractivity contribution is 7.91. The summed E-state index contributed by atoms with van der Waals surface area (Å²) in [5.41, 5.74) is -0.171. The molecule has 0 aromatic heterocycles. The second-order valence-corrected chi connectivity index (χ2v) is 11.4. The normalized spacial score (nSPS) is 11.4. The van der Waals surface area contributed by atoms with Gasteiger partial charge >= 0.3 is 18.0 Å². The van der Waals surface area contributed by atoms with Crippen LogP contribution in [-0.4, -0.2) is 134 Å². The molecule has 2 N–H and O–H groups in total. The third kappa shape index (κ3) is 14.8. The first-order valence-electron chi connectivity index (χ1n) is 11.9. The van der Waals surface area contributed by atoms with Crippen LogP contribution in [-0.2, 0) is 19.4 Å². The van der Waals surface area contributed by atoms with E-state index in [1.807, 2.05) is 51.8 Å². The van der Waals surface area contributed by atoms with Crippen molar-refractivity contribution in [2.75, 3.05) is 66.7 Å². The van der Waals surface area contributed by atoms with Gasteiger partial charge in [-0.3, -0.25) is 10.1 Å². The van der Waals surface area contributed by atoms with E-state index in [0.717, 1.165) is 0 Å². The Bertz CT molecular complexity index is 1060. The van der Waals surface area contributed by atoms with E-state index in [2.05, 4.69) is 0 Å². The zero-order valence-electron chi connectivity index (χ0n) is 23.2. The number of carbonyl (C=O) groups excluding carboxylic acids is 1. The van der Waals surface area contributed by atoms with Gasteiger partial charge in [-0.1, -0.05) is 0 Å². The molecule has 0 heterocycles. The van der Waals surface area contributed by atoms with Gasteiger partial charge in [0.25, 0.3) is 5.69 Å². The number of carboxylic acid groups (broad SMARTS) is 2. The number of hydrogen-bond donors (Lipinski definition) is 2. The summed E-state index contributed by atoms with van der Waals surface area (Å²) >= 11 is 0. The van der Waals surface area contributed by atoms with Gasteiger partial charge < -0.3 is 29.8 Å². The molecule has 0 aliphatic carbocycles. The topological polar surface area (TPSA) is 182 Å². The molecule has 1 aromatic rings. The van der Waals surface area contributed by atoms with Crippen LogP contribution in [0.15, 0.2) is 41.3 Å². The van der Waals surface area contributed by atoms with Gasteiger partial charge in [0.05, 0.1) is 15.6 Å². The molecule has 15 heteroatoms. The Hall–Kier alpha value is -3.56. The van der Waals surface area contributed by atoms with Gasteiger partial charge in [0.1, 0.15) is 0 Å². The van der Waals surface area contributed by atoms with Crippen LogP contribution in [0.5, 0.6) is 0 Å². The van der Waals surface area contributed by atoms with E-state index in [9.17, 15) is 32.9 Å². The summed E-state index contributed by atoms with van der Waals surface area (Å²) in [6.45, 7) is 6.23. The summed E-state index contributed by atoms with van der Waals surface area (Å²) in [5, 5.41) is 26.4. The second kappa shape index (κ2) is 17.1. The average Bonchev–Trinajstić information content (AvgIpc) is 2.82. The fourth-order valence-electron chi connectivity index (χ4n) is 2.96. The molecule has 220 valence electrons. The van der Waals surface area contributed by atoms with Crippen molar-refractivity contribution in [2.45, 2.75) is 24.8 Å². The molecular weight excluding hydrogens is 534 g/mol. The molecule has 0 unspecified atom stereocenters. The van der Waals surface area contributed by atoms with Gasteiger partial charge in [-0.15, -0.1) is 0 Å². The Morgan fingerprint density at radius 3 is 1.64 bits per heavy atom. The lowest BCUT2D eigenvalue weighted by Crippen LogP contribution is -2.51. The van der Waals surface area contributed by atoms with Gasteiger partial charge in [-0.2, -0.15) is 0 Å². The zero-order valence-corrected chi connectivity index (χ0v) is 24.0. The number of nitro benzene ring substituents is 1. The number of nitrogens with zero attached hydrogens (tertiary/aromatic N) is 5. The number of urea groups is 1. The molecule has 0 saturated heterocycles. The van der Waals surface area contributed by atoms with Gasteiger partial charge in [0.15, 0.2) is 9.84 Å². The molecule has 0 atom stereocenters. The maximum atomic E-state index is 13.2. The Kier molecular flexibility index (Phi) is 15.6. The van der Waals surface area contributed by atoms with Gasteiger partial charge in [-0.25, -0.2) is 22.8 Å². The Morgan fingerprint density at radius 1 is 0.872 bits per heavy atom. The number of likely N-dealkylation sites (N-methyl/N-ethyl adjacent to an activating group) is 2. The maximum absolute atomic E-state index is 13.2. The number of non-ortho nitro benzene ring substituents is 1. The monoisotopic (exact) mass is 573 g/mol. The minimum Gasteiger partial charge on any atom is -0.478 e. The third-order valence-corrected chi connectivity index (χ3v) is 6.86. The maximum Gasteiger partial charge on any atom is 0.328 e. The predicted octanol–water partition coefficient (Wildman–Crippen LogP) is 1.34. The summed E-state index contributed by atoms with van der Waals surface area (Å²) in [6.07, 6.45) is 1.12. The number of benzene rings is 1. The fourth-order valence-corrected chi connectivity index (χ4v) is 4.18. The van der Waals surface area contributed by atoms with E-state index in [1.54, 1.807) is 9.80 Å². The molecule has 0 spiro atoms. The number of carboxylic acids is 2. The van der Waals surface area contributed by atoms with E-state index in [4.69, 9.17) is 10.2 Å². The Labute approximate surface area is 229 Å². The van der Waals surface area contributed by atoms with Crippen molar-refractivity contribution in [3.05, 3.63) is 46.5 Å². The molecule has 0 fully saturated rings. The van der Waals surface area contributed by atoms with E-state index in [0.29, 0.717) is 38.3 Å². The molecule has 1 aromatic carbocycles. The number of sulfone groups is 1. The molecule has 0 saturated carbocycles. The van der Waals surface area contributed by atoms with Crippen LogP contribution in [0.4, 0.5) is 10.5 Å². The lowest BCUT2D eigenvalue weighted by molar-refractivity contribution is -0.384. The van der Waals surface area contributed by atoms with Crippen molar-refractivity contribution >= 4 is 33.5 Å². The number of aliphatic carboxylic acids is 2. The number of amides is 2. The Morgan fingerprint density at radius 2 is 1.31 bits per heavy atom. The Balaban J connectivity index is 0.00000156. The van der Waals surface area contributed by atoms with Crippen LogP contribution in [0, 0.1) is 10.1 Å². The molecule has 1 rings (SSSR count). The van der Waals surface area contributed by atoms with Crippen LogP contribution in [0.2, 0.25) is 0 Å². The van der Waals surface area contributed by atoms with Crippen molar-refractivity contribution in [1.29, 1.82) is 0 Å². The van der Waals surface area contributed by atoms with Crippen LogP contribution >= 0.6 is 0 Å². The highest BCUT2D eigenvalue weighted by Gasteiger charge is 2.26. The molecule has 0 bridgehead atoms. The van der Waals surface area contributed by atoms with Crippen molar-refractivity contribution in [3.8, 4) is 0 Å². The standard InChI is InChI=1S/C20H35N5O5S.C4H4O4/c1-17(2)24(20(26)23(13-11-21(3)4)14-12-22(5)6)15-16-31(29,30)19-9-7-18(8-10-19)25(27)28;5-3(6)1-2-4(7)8/h7-10,17H,11-16H2,1-6H3;1-2H,(H,5,6)(H,7,8)/b;2-1-. The van der Waals surface area contributed by atoms with E-state index in [1.165, 1.54) is 24.3 Å². The first kappa shape index (κ1) is 35.4. The van der Waals surface area contributed by atoms with Crippen molar-refractivity contribution < 1.29 is 37.9 Å². The smallest absolute Gasteiger partial charge is 0.328 e. The lowest BCUT2D eigenvalue weighted by Gasteiger charge is -2.34. The van der Waals surface area contributed by atoms with Crippen LogP contribution in [0.1, 0.15) is 13.8 Å². The quantitative estimate of drug-likeness (QED) is 0.186. The van der Waals surface area contributed by atoms with Crippen LogP contribution in [0.25, 0.3) is 0 Å².